The van der Waals surface area contributed by atoms with Crippen molar-refractivity contribution in [2.75, 3.05) is 25.3 Å². The fourth-order valence-corrected chi connectivity index (χ4v) is 3.84. The van der Waals surface area contributed by atoms with Gasteiger partial charge in [0.1, 0.15) is 0 Å². The molecule has 3 rings (SSSR count). The highest BCUT2D eigenvalue weighted by Gasteiger charge is 2.16. The van der Waals surface area contributed by atoms with Crippen LogP contribution in [0, 0.1) is 6.92 Å². The van der Waals surface area contributed by atoms with Gasteiger partial charge in [-0.25, -0.2) is 0 Å². The van der Waals surface area contributed by atoms with E-state index in [-0.39, 0.29) is 24.1 Å². The van der Waals surface area contributed by atoms with E-state index in [0.717, 1.165) is 11.3 Å². The molecule has 0 fully saturated rings. The Bertz CT molecular complexity index is 1160. The number of rotatable bonds is 11. The van der Waals surface area contributed by atoms with Crippen molar-refractivity contribution in [3.8, 4) is 11.5 Å². The minimum Gasteiger partial charge on any atom is -0.493 e. The van der Waals surface area contributed by atoms with Crippen LogP contribution in [0.4, 0.5) is 5.69 Å². The number of anilines is 1. The van der Waals surface area contributed by atoms with Gasteiger partial charge in [-0.2, -0.15) is 0 Å². The van der Waals surface area contributed by atoms with Gasteiger partial charge in [0.2, 0.25) is 5.91 Å². The number of nitrogens with one attached hydrogen (secondary N) is 2. The van der Waals surface area contributed by atoms with Crippen molar-refractivity contribution in [1.82, 2.24) is 20.1 Å². The van der Waals surface area contributed by atoms with E-state index in [1.54, 1.807) is 24.3 Å². The van der Waals surface area contributed by atoms with Crippen molar-refractivity contribution in [2.45, 2.75) is 25.2 Å². The first-order valence-electron chi connectivity index (χ1n) is 10.5. The smallest absolute Gasteiger partial charge is 0.251 e. The average molecular weight is 482 g/mol. The van der Waals surface area contributed by atoms with Crippen LogP contribution >= 0.6 is 11.8 Å². The first kappa shape index (κ1) is 24.8. The SMILES string of the molecule is C=CCn1c(CNC(=O)c2ccc(OC)c(OC)c2)nnc1SCC(=O)Nc1ccc(C)cc1. The average Bonchev–Trinajstić information content (AvgIpc) is 3.23. The molecule has 0 saturated heterocycles. The molecule has 0 aliphatic carbocycles. The van der Waals surface area contributed by atoms with Crippen molar-refractivity contribution in [1.29, 1.82) is 0 Å². The molecule has 0 bridgehead atoms. The number of carbonyl (C=O) groups is 2. The molecular weight excluding hydrogens is 454 g/mol. The molecule has 0 atom stereocenters. The van der Waals surface area contributed by atoms with Gasteiger partial charge in [-0.05, 0) is 37.3 Å². The van der Waals surface area contributed by atoms with Crippen molar-refractivity contribution >= 4 is 29.3 Å². The van der Waals surface area contributed by atoms with Crippen LogP contribution < -0.4 is 20.1 Å². The highest BCUT2D eigenvalue weighted by Crippen LogP contribution is 2.27. The number of amides is 2. The largest absolute Gasteiger partial charge is 0.493 e. The lowest BCUT2D eigenvalue weighted by Gasteiger charge is -2.11. The molecule has 3 aromatic rings. The Balaban J connectivity index is 1.62. The second-order valence-corrected chi connectivity index (χ2v) is 8.20. The first-order valence-corrected chi connectivity index (χ1v) is 11.5. The van der Waals surface area contributed by atoms with Crippen LogP contribution in [0.2, 0.25) is 0 Å². The number of thioether (sulfide) groups is 1. The van der Waals surface area contributed by atoms with Crippen molar-refractivity contribution < 1.29 is 19.1 Å². The summed E-state index contributed by atoms with van der Waals surface area (Å²) in [6.07, 6.45) is 1.71. The van der Waals surface area contributed by atoms with Gasteiger partial charge in [0.05, 0.1) is 26.5 Å². The van der Waals surface area contributed by atoms with Crippen LogP contribution in [0.5, 0.6) is 11.5 Å². The molecule has 0 aliphatic heterocycles. The van der Waals surface area contributed by atoms with Gasteiger partial charge in [-0.3, -0.25) is 9.59 Å². The molecule has 0 saturated carbocycles. The highest BCUT2D eigenvalue weighted by atomic mass is 32.2. The Morgan fingerprint density at radius 2 is 1.82 bits per heavy atom. The van der Waals surface area contributed by atoms with E-state index in [0.29, 0.717) is 34.6 Å². The number of benzene rings is 2. The molecule has 0 unspecified atom stereocenters. The number of ether oxygens (including phenoxy) is 2. The van der Waals surface area contributed by atoms with Crippen molar-refractivity contribution in [2.24, 2.45) is 0 Å². The summed E-state index contributed by atoms with van der Waals surface area (Å²) < 4.78 is 12.3. The summed E-state index contributed by atoms with van der Waals surface area (Å²) in [5.41, 5.74) is 2.28. The predicted octanol–water partition coefficient (Wildman–Crippen LogP) is 3.45. The fraction of sp³-hybridized carbons (Fsp3) is 0.250. The van der Waals surface area contributed by atoms with E-state index in [9.17, 15) is 9.59 Å². The van der Waals surface area contributed by atoms with E-state index in [2.05, 4.69) is 27.4 Å². The van der Waals surface area contributed by atoms with Gasteiger partial charge in [0, 0.05) is 17.8 Å². The molecule has 0 radical (unpaired) electrons. The molecule has 2 aromatic carbocycles. The van der Waals surface area contributed by atoms with E-state index in [1.807, 2.05) is 35.8 Å². The van der Waals surface area contributed by atoms with Crippen LogP contribution in [-0.2, 0) is 17.9 Å². The Kier molecular flexibility index (Phi) is 8.69. The lowest BCUT2D eigenvalue weighted by atomic mass is 10.2. The minimum absolute atomic E-state index is 0.148. The molecule has 34 heavy (non-hydrogen) atoms. The number of aromatic nitrogens is 3. The molecule has 2 N–H and O–H groups in total. The van der Waals surface area contributed by atoms with E-state index in [1.165, 1.54) is 26.0 Å². The van der Waals surface area contributed by atoms with Gasteiger partial charge in [0.15, 0.2) is 22.5 Å². The third-order valence-corrected chi connectivity index (χ3v) is 5.79. The normalized spacial score (nSPS) is 10.4. The Labute approximate surface area is 202 Å². The molecule has 2 amide bonds. The zero-order valence-corrected chi connectivity index (χ0v) is 20.1. The van der Waals surface area contributed by atoms with Gasteiger partial charge in [-0.1, -0.05) is 35.5 Å². The molecular formula is C24H27N5O4S. The standard InChI is InChI=1S/C24H27N5O4S/c1-5-12-29-21(14-25-23(31)17-8-11-19(32-3)20(13-17)33-4)27-28-24(29)34-15-22(30)26-18-9-6-16(2)7-10-18/h5-11,13H,1,12,14-15H2,2-4H3,(H,25,31)(H,26,30). The lowest BCUT2D eigenvalue weighted by molar-refractivity contribution is -0.113. The maximum Gasteiger partial charge on any atom is 0.251 e. The molecule has 9 nitrogen and oxygen atoms in total. The second kappa shape index (κ2) is 11.9. The molecule has 1 aromatic heterocycles. The van der Waals surface area contributed by atoms with Gasteiger partial charge >= 0.3 is 0 Å². The number of hydrogen-bond donors (Lipinski definition) is 2. The van der Waals surface area contributed by atoms with Gasteiger partial charge in [-0.15, -0.1) is 16.8 Å². The maximum absolute atomic E-state index is 12.6. The Hall–Kier alpha value is -3.79. The van der Waals surface area contributed by atoms with Crippen LogP contribution in [0.3, 0.4) is 0 Å². The van der Waals surface area contributed by atoms with Crippen LogP contribution in [0.15, 0.2) is 60.3 Å². The lowest BCUT2D eigenvalue weighted by Crippen LogP contribution is -2.25. The van der Waals surface area contributed by atoms with Gasteiger partial charge < -0.3 is 24.7 Å². The third-order valence-electron chi connectivity index (χ3n) is 4.83. The number of methoxy groups -OCH3 is 2. The summed E-state index contributed by atoms with van der Waals surface area (Å²) >= 11 is 1.26. The topological polar surface area (TPSA) is 107 Å². The quantitative estimate of drug-likeness (QED) is 0.319. The number of allylic oxidation sites excluding steroid dienone is 1. The molecule has 1 heterocycles. The number of aryl methyl sites for hydroxylation is 1. The summed E-state index contributed by atoms with van der Waals surface area (Å²) in [5, 5.41) is 14.6. The molecule has 10 heteroatoms. The Morgan fingerprint density at radius 3 is 2.50 bits per heavy atom. The summed E-state index contributed by atoms with van der Waals surface area (Å²) in [5.74, 6) is 1.29. The summed E-state index contributed by atoms with van der Waals surface area (Å²) in [7, 11) is 3.04. The number of nitrogens with zero attached hydrogens (tertiary/aromatic N) is 3. The number of carbonyl (C=O) groups excluding carboxylic acids is 2. The van der Waals surface area contributed by atoms with Gasteiger partial charge in [0.25, 0.3) is 5.91 Å². The minimum atomic E-state index is -0.291. The van der Waals surface area contributed by atoms with Crippen LogP contribution in [0.1, 0.15) is 21.7 Å². The monoisotopic (exact) mass is 481 g/mol. The first-order chi connectivity index (χ1) is 16.4. The Morgan fingerprint density at radius 1 is 1.09 bits per heavy atom. The predicted molar refractivity (Wildman–Crippen MR) is 131 cm³/mol. The summed E-state index contributed by atoms with van der Waals surface area (Å²) in [4.78, 5) is 25.0. The van der Waals surface area contributed by atoms with E-state index >= 15 is 0 Å². The van der Waals surface area contributed by atoms with Crippen molar-refractivity contribution in [3.05, 3.63) is 72.1 Å². The summed E-state index contributed by atoms with van der Waals surface area (Å²) in [6.45, 7) is 6.36. The molecule has 0 aliphatic rings. The summed E-state index contributed by atoms with van der Waals surface area (Å²) in [6, 6.07) is 12.5. The maximum atomic E-state index is 12.6. The van der Waals surface area contributed by atoms with E-state index < -0.39 is 0 Å². The zero-order valence-electron chi connectivity index (χ0n) is 19.3. The molecule has 178 valence electrons. The number of hydrogen-bond acceptors (Lipinski definition) is 7. The van der Waals surface area contributed by atoms with E-state index in [4.69, 9.17) is 9.47 Å². The fourth-order valence-electron chi connectivity index (χ4n) is 3.07. The van der Waals surface area contributed by atoms with Crippen LogP contribution in [-0.4, -0.2) is 46.6 Å². The molecule has 0 spiro atoms. The highest BCUT2D eigenvalue weighted by molar-refractivity contribution is 7.99. The van der Waals surface area contributed by atoms with Crippen LogP contribution in [0.25, 0.3) is 0 Å². The van der Waals surface area contributed by atoms with Crippen molar-refractivity contribution in [3.63, 3.8) is 0 Å². The zero-order chi connectivity index (χ0) is 24.5. The third kappa shape index (κ3) is 6.38. The second-order valence-electron chi connectivity index (χ2n) is 7.25.